The van der Waals surface area contributed by atoms with Crippen LogP contribution in [0.5, 0.6) is 5.75 Å². The molecule has 0 aliphatic heterocycles. The van der Waals surface area contributed by atoms with E-state index >= 15 is 0 Å². The van der Waals surface area contributed by atoms with E-state index in [0.717, 1.165) is 24.8 Å². The molecule has 3 rings (SSSR count). The minimum atomic E-state index is -0.316. The van der Waals surface area contributed by atoms with E-state index in [1.165, 1.54) is 5.56 Å². The fraction of sp³-hybridized carbons (Fsp3) is 0.318. The Morgan fingerprint density at radius 2 is 1.86 bits per heavy atom. The van der Waals surface area contributed by atoms with Gasteiger partial charge in [-0.2, -0.15) is 0 Å². The number of unbranched alkanes of at least 4 members (excludes halogenated alkanes) is 1. The molecule has 1 heterocycles. The third kappa shape index (κ3) is 5.42. The average Bonchev–Trinajstić information content (AvgIpc) is 3.15. The lowest BCUT2D eigenvalue weighted by atomic mass is 10.1. The van der Waals surface area contributed by atoms with Crippen molar-refractivity contribution in [1.82, 2.24) is 10.2 Å². The number of nitrogens with zero attached hydrogens (tertiary/aromatic N) is 2. The largest absolute Gasteiger partial charge is 0.494 e. The Labute approximate surface area is 164 Å². The highest BCUT2D eigenvalue weighted by Gasteiger charge is 2.13. The summed E-state index contributed by atoms with van der Waals surface area (Å²) in [5.41, 5.74) is 2.84. The summed E-state index contributed by atoms with van der Waals surface area (Å²) >= 11 is 0. The van der Waals surface area contributed by atoms with Gasteiger partial charge in [-0.05, 0) is 42.2 Å². The van der Waals surface area contributed by atoms with Crippen LogP contribution in [0.3, 0.4) is 0 Å². The Morgan fingerprint density at radius 1 is 1.07 bits per heavy atom. The van der Waals surface area contributed by atoms with Crippen LogP contribution in [0.2, 0.25) is 0 Å². The van der Waals surface area contributed by atoms with Gasteiger partial charge in [-0.15, -0.1) is 5.10 Å². The van der Waals surface area contributed by atoms with Gasteiger partial charge in [0.1, 0.15) is 5.75 Å². The number of hydrogen-bond acceptors (Lipinski definition) is 5. The Bertz CT molecular complexity index is 903. The van der Waals surface area contributed by atoms with E-state index in [-0.39, 0.29) is 11.9 Å². The first-order valence-electron chi connectivity index (χ1n) is 9.62. The highest BCUT2D eigenvalue weighted by Crippen LogP contribution is 2.17. The van der Waals surface area contributed by atoms with Crippen LogP contribution in [-0.4, -0.2) is 22.7 Å². The molecule has 3 aromatic rings. The van der Waals surface area contributed by atoms with Gasteiger partial charge in [-0.25, -0.2) is 0 Å². The SMILES string of the molecule is CCCCOc1cccc(C(=O)Nc2nnc(Cc3ccc(CC)cc3)o2)c1. The third-order valence-electron chi connectivity index (χ3n) is 4.34. The summed E-state index contributed by atoms with van der Waals surface area (Å²) in [4.78, 5) is 12.4. The lowest BCUT2D eigenvalue weighted by Crippen LogP contribution is -2.12. The van der Waals surface area contributed by atoms with Gasteiger partial charge >= 0.3 is 6.01 Å². The van der Waals surface area contributed by atoms with Gasteiger partial charge in [0.2, 0.25) is 5.89 Å². The van der Waals surface area contributed by atoms with E-state index in [1.807, 2.05) is 18.2 Å². The maximum absolute atomic E-state index is 12.4. The second kappa shape index (κ2) is 9.69. The molecule has 2 aromatic carbocycles. The van der Waals surface area contributed by atoms with Gasteiger partial charge < -0.3 is 9.15 Å². The number of rotatable bonds is 9. The summed E-state index contributed by atoms with van der Waals surface area (Å²) in [6.07, 6.45) is 3.56. The maximum atomic E-state index is 12.4. The van der Waals surface area contributed by atoms with Gasteiger partial charge in [0, 0.05) is 5.56 Å². The molecule has 1 amide bonds. The highest BCUT2D eigenvalue weighted by atomic mass is 16.5. The van der Waals surface area contributed by atoms with Crippen molar-refractivity contribution in [2.75, 3.05) is 11.9 Å². The fourth-order valence-electron chi connectivity index (χ4n) is 2.67. The van der Waals surface area contributed by atoms with E-state index in [0.29, 0.717) is 30.2 Å². The van der Waals surface area contributed by atoms with Crippen molar-refractivity contribution in [3.63, 3.8) is 0 Å². The number of anilines is 1. The predicted molar refractivity (Wildman–Crippen MR) is 108 cm³/mol. The third-order valence-corrected chi connectivity index (χ3v) is 4.34. The number of benzene rings is 2. The van der Waals surface area contributed by atoms with Crippen molar-refractivity contribution in [2.45, 2.75) is 39.5 Å². The highest BCUT2D eigenvalue weighted by molar-refractivity contribution is 6.03. The van der Waals surface area contributed by atoms with Crippen molar-refractivity contribution in [3.05, 3.63) is 71.1 Å². The van der Waals surface area contributed by atoms with Gasteiger partial charge in [0.15, 0.2) is 0 Å². The summed E-state index contributed by atoms with van der Waals surface area (Å²) in [6, 6.07) is 15.4. The first kappa shape index (κ1) is 19.6. The van der Waals surface area contributed by atoms with Crippen molar-refractivity contribution in [1.29, 1.82) is 0 Å². The number of nitrogens with one attached hydrogen (secondary N) is 1. The molecule has 0 spiro atoms. The summed E-state index contributed by atoms with van der Waals surface area (Å²) in [5.74, 6) is 0.808. The Morgan fingerprint density at radius 3 is 2.61 bits per heavy atom. The van der Waals surface area contributed by atoms with Crippen molar-refractivity contribution in [3.8, 4) is 5.75 Å². The van der Waals surface area contributed by atoms with E-state index < -0.39 is 0 Å². The molecule has 146 valence electrons. The minimum Gasteiger partial charge on any atom is -0.494 e. The smallest absolute Gasteiger partial charge is 0.322 e. The number of aryl methyl sites for hydroxylation is 1. The number of carbonyl (C=O) groups excluding carboxylic acids is 1. The number of aromatic nitrogens is 2. The molecule has 1 N–H and O–H groups in total. The van der Waals surface area contributed by atoms with Gasteiger partial charge in [0.25, 0.3) is 5.91 Å². The molecule has 0 fully saturated rings. The molecule has 6 nitrogen and oxygen atoms in total. The van der Waals surface area contributed by atoms with E-state index in [4.69, 9.17) is 9.15 Å². The van der Waals surface area contributed by atoms with Gasteiger partial charge in [-0.3, -0.25) is 10.1 Å². The molecule has 0 aliphatic carbocycles. The van der Waals surface area contributed by atoms with E-state index in [1.54, 1.807) is 18.2 Å². The quantitative estimate of drug-likeness (QED) is 0.547. The molecule has 0 bridgehead atoms. The molecule has 0 radical (unpaired) electrons. The molecule has 0 atom stereocenters. The second-order valence-electron chi connectivity index (χ2n) is 6.53. The molecular formula is C22H25N3O3. The molecule has 28 heavy (non-hydrogen) atoms. The maximum Gasteiger partial charge on any atom is 0.322 e. The molecule has 1 aromatic heterocycles. The summed E-state index contributed by atoms with van der Waals surface area (Å²) in [5, 5.41) is 10.6. The molecular weight excluding hydrogens is 354 g/mol. The molecule has 0 aliphatic rings. The van der Waals surface area contributed by atoms with Crippen LogP contribution < -0.4 is 10.1 Å². The van der Waals surface area contributed by atoms with Crippen LogP contribution in [0, 0.1) is 0 Å². The predicted octanol–water partition coefficient (Wildman–Crippen LogP) is 4.65. The first-order valence-corrected chi connectivity index (χ1v) is 9.62. The summed E-state index contributed by atoms with van der Waals surface area (Å²) in [6.45, 7) is 4.86. The van der Waals surface area contributed by atoms with Gasteiger partial charge in [0.05, 0.1) is 13.0 Å². The monoisotopic (exact) mass is 379 g/mol. The molecule has 0 saturated carbocycles. The summed E-state index contributed by atoms with van der Waals surface area (Å²) in [7, 11) is 0. The Balaban J connectivity index is 1.59. The standard InChI is InChI=1S/C22H25N3O3/c1-3-5-13-27-19-8-6-7-18(15-19)21(26)23-22-25-24-20(28-22)14-17-11-9-16(4-2)10-12-17/h6-12,15H,3-5,13-14H2,1-2H3,(H,23,25,26). The lowest BCUT2D eigenvalue weighted by molar-refractivity contribution is 0.102. The average molecular weight is 379 g/mol. The fourth-order valence-corrected chi connectivity index (χ4v) is 2.67. The molecule has 6 heteroatoms. The van der Waals surface area contributed by atoms with Gasteiger partial charge in [-0.1, -0.05) is 55.7 Å². The van der Waals surface area contributed by atoms with E-state index in [2.05, 4.69) is 41.5 Å². The van der Waals surface area contributed by atoms with Crippen molar-refractivity contribution >= 4 is 11.9 Å². The number of amides is 1. The lowest BCUT2D eigenvalue weighted by Gasteiger charge is -2.07. The Hall–Kier alpha value is -3.15. The number of carbonyl (C=O) groups is 1. The van der Waals surface area contributed by atoms with E-state index in [9.17, 15) is 4.79 Å². The first-order chi connectivity index (χ1) is 13.7. The van der Waals surface area contributed by atoms with Crippen LogP contribution in [0.4, 0.5) is 6.01 Å². The normalized spacial score (nSPS) is 10.6. The zero-order chi connectivity index (χ0) is 19.8. The van der Waals surface area contributed by atoms with Crippen LogP contribution in [0.1, 0.15) is 54.1 Å². The van der Waals surface area contributed by atoms with Crippen molar-refractivity contribution in [2.24, 2.45) is 0 Å². The zero-order valence-electron chi connectivity index (χ0n) is 16.3. The zero-order valence-corrected chi connectivity index (χ0v) is 16.3. The van der Waals surface area contributed by atoms with Crippen LogP contribution >= 0.6 is 0 Å². The minimum absolute atomic E-state index is 0.0856. The van der Waals surface area contributed by atoms with Crippen molar-refractivity contribution < 1.29 is 13.9 Å². The van der Waals surface area contributed by atoms with Crippen LogP contribution in [0.15, 0.2) is 52.9 Å². The van der Waals surface area contributed by atoms with Crippen LogP contribution in [0.25, 0.3) is 0 Å². The molecule has 0 unspecified atom stereocenters. The number of hydrogen-bond donors (Lipinski definition) is 1. The van der Waals surface area contributed by atoms with Crippen LogP contribution in [-0.2, 0) is 12.8 Å². The second-order valence-corrected chi connectivity index (χ2v) is 6.53. The number of ether oxygens (including phenoxy) is 1. The Kier molecular flexibility index (Phi) is 6.78. The summed E-state index contributed by atoms with van der Waals surface area (Å²) < 4.78 is 11.2. The topological polar surface area (TPSA) is 77.2 Å². The molecule has 0 saturated heterocycles.